The van der Waals surface area contributed by atoms with Crippen LogP contribution in [-0.2, 0) is 16.0 Å². The number of nitrogens with zero attached hydrogens (tertiary/aromatic N) is 2. The molecule has 1 N–H and O–H groups in total. The molecule has 2 aromatic carbocycles. The van der Waals surface area contributed by atoms with Gasteiger partial charge in [0, 0.05) is 35.1 Å². The van der Waals surface area contributed by atoms with Crippen molar-refractivity contribution < 1.29 is 14.3 Å². The molecule has 0 saturated carbocycles. The average Bonchev–Trinajstić information content (AvgIpc) is 3.20. The van der Waals surface area contributed by atoms with Gasteiger partial charge in [-0.15, -0.1) is 0 Å². The molecular weight excluding hydrogens is 414 g/mol. The molecule has 5 rings (SSSR count). The minimum absolute atomic E-state index is 0.00305. The first-order chi connectivity index (χ1) is 16.1. The minimum Gasteiger partial charge on any atom is -0.494 e. The number of aromatic amines is 1. The number of carbonyl (C=O) groups excluding carboxylic acids is 2. The summed E-state index contributed by atoms with van der Waals surface area (Å²) < 4.78 is 5.96. The van der Waals surface area contributed by atoms with Gasteiger partial charge in [0.15, 0.2) is 0 Å². The van der Waals surface area contributed by atoms with Crippen molar-refractivity contribution in [3.63, 3.8) is 0 Å². The van der Waals surface area contributed by atoms with E-state index >= 15 is 0 Å². The van der Waals surface area contributed by atoms with E-state index in [2.05, 4.69) is 24.0 Å². The monoisotopic (exact) mass is 445 g/mol. The second-order valence-electron chi connectivity index (χ2n) is 8.92. The standard InChI is InChI=1S/C27H31N3O3/c1-3-5-10-15-29-17-24(31)30-22(27(29)32)16-20-18-11-6-8-13-21(18)28-25(20)26(30)19-12-7-9-14-23(19)33-4-2/h6-9,11-14,22,26,28H,3-5,10,15-17H2,1-2H3/t22-,26?/m0/s1. The van der Waals surface area contributed by atoms with E-state index in [1.54, 1.807) is 4.90 Å². The molecule has 2 aliphatic heterocycles. The predicted molar refractivity (Wildman–Crippen MR) is 128 cm³/mol. The Balaban J connectivity index is 1.64. The zero-order chi connectivity index (χ0) is 22.9. The number of para-hydroxylation sites is 2. The van der Waals surface area contributed by atoms with Crippen LogP contribution in [0.2, 0.25) is 0 Å². The molecule has 172 valence electrons. The zero-order valence-electron chi connectivity index (χ0n) is 19.3. The summed E-state index contributed by atoms with van der Waals surface area (Å²) >= 11 is 0. The number of amides is 2. The molecule has 1 aromatic heterocycles. The quantitative estimate of drug-likeness (QED) is 0.547. The number of aromatic nitrogens is 1. The van der Waals surface area contributed by atoms with E-state index in [4.69, 9.17) is 4.74 Å². The van der Waals surface area contributed by atoms with Crippen LogP contribution in [0.1, 0.15) is 56.0 Å². The molecule has 0 spiro atoms. The lowest BCUT2D eigenvalue weighted by Gasteiger charge is -2.47. The zero-order valence-corrected chi connectivity index (χ0v) is 19.3. The summed E-state index contributed by atoms with van der Waals surface area (Å²) in [4.78, 5) is 34.4. The largest absolute Gasteiger partial charge is 0.494 e. The Kier molecular flexibility index (Phi) is 5.83. The first-order valence-electron chi connectivity index (χ1n) is 12.0. The van der Waals surface area contributed by atoms with Gasteiger partial charge in [-0.2, -0.15) is 0 Å². The Labute approximate surface area is 194 Å². The molecule has 1 fully saturated rings. The van der Waals surface area contributed by atoms with E-state index in [0.29, 0.717) is 19.6 Å². The lowest BCUT2D eigenvalue weighted by molar-refractivity contribution is -0.158. The number of nitrogens with one attached hydrogen (secondary N) is 1. The lowest BCUT2D eigenvalue weighted by atomic mass is 9.86. The van der Waals surface area contributed by atoms with Gasteiger partial charge in [-0.25, -0.2) is 0 Å². The van der Waals surface area contributed by atoms with Gasteiger partial charge in [0.05, 0.1) is 13.2 Å². The number of ether oxygens (including phenoxy) is 1. The second kappa shape index (κ2) is 8.93. The van der Waals surface area contributed by atoms with Gasteiger partial charge >= 0.3 is 0 Å². The number of fused-ring (bicyclic) bond motifs is 4. The van der Waals surface area contributed by atoms with Gasteiger partial charge in [-0.05, 0) is 31.0 Å². The van der Waals surface area contributed by atoms with E-state index in [0.717, 1.165) is 52.7 Å². The van der Waals surface area contributed by atoms with E-state index < -0.39 is 6.04 Å². The third-order valence-electron chi connectivity index (χ3n) is 6.89. The van der Waals surface area contributed by atoms with Crippen molar-refractivity contribution in [2.75, 3.05) is 19.7 Å². The number of unbranched alkanes of at least 4 members (excludes halogenated alkanes) is 2. The molecule has 0 aliphatic carbocycles. The van der Waals surface area contributed by atoms with Crippen LogP contribution < -0.4 is 4.74 Å². The maximum absolute atomic E-state index is 13.6. The van der Waals surface area contributed by atoms with Crippen molar-refractivity contribution in [1.29, 1.82) is 0 Å². The van der Waals surface area contributed by atoms with Gasteiger partial charge in [0.1, 0.15) is 17.8 Å². The first kappa shape index (κ1) is 21.6. The molecule has 1 unspecified atom stereocenters. The number of piperazine rings is 1. The highest BCUT2D eigenvalue weighted by Gasteiger charge is 2.48. The molecule has 33 heavy (non-hydrogen) atoms. The SMILES string of the molecule is CCCCCN1CC(=O)N2C(c3ccccc3OCC)c3[nH]c4ccccc4c3C[C@H]2C1=O. The molecule has 3 heterocycles. The summed E-state index contributed by atoms with van der Waals surface area (Å²) in [5, 5.41) is 1.12. The van der Waals surface area contributed by atoms with Crippen LogP contribution in [0.15, 0.2) is 48.5 Å². The van der Waals surface area contributed by atoms with Crippen molar-refractivity contribution in [2.24, 2.45) is 0 Å². The Bertz CT molecular complexity index is 1180. The number of hydrogen-bond donors (Lipinski definition) is 1. The van der Waals surface area contributed by atoms with Crippen molar-refractivity contribution in [1.82, 2.24) is 14.8 Å². The van der Waals surface area contributed by atoms with Crippen molar-refractivity contribution in [3.8, 4) is 5.75 Å². The first-order valence-corrected chi connectivity index (χ1v) is 12.0. The van der Waals surface area contributed by atoms with E-state index in [1.165, 1.54) is 0 Å². The summed E-state index contributed by atoms with van der Waals surface area (Å²) in [6.45, 7) is 5.42. The normalized spacial score (nSPS) is 20.2. The fourth-order valence-electron chi connectivity index (χ4n) is 5.38. The molecule has 6 nitrogen and oxygen atoms in total. The van der Waals surface area contributed by atoms with Crippen molar-refractivity contribution in [2.45, 2.75) is 51.6 Å². The van der Waals surface area contributed by atoms with Crippen LogP contribution in [0.25, 0.3) is 10.9 Å². The van der Waals surface area contributed by atoms with Crippen LogP contribution in [0, 0.1) is 0 Å². The predicted octanol–water partition coefficient (Wildman–Crippen LogP) is 4.44. The number of hydrogen-bond acceptors (Lipinski definition) is 3. The van der Waals surface area contributed by atoms with Gasteiger partial charge < -0.3 is 19.5 Å². The third-order valence-corrected chi connectivity index (χ3v) is 6.89. The molecule has 0 radical (unpaired) electrons. The number of rotatable bonds is 7. The van der Waals surface area contributed by atoms with Crippen LogP contribution in [0.4, 0.5) is 0 Å². The third kappa shape index (κ3) is 3.67. The molecule has 2 aliphatic rings. The van der Waals surface area contributed by atoms with Crippen LogP contribution in [0.5, 0.6) is 5.75 Å². The Morgan fingerprint density at radius 2 is 1.82 bits per heavy atom. The number of carbonyl (C=O) groups is 2. The molecular formula is C27H31N3O3. The van der Waals surface area contributed by atoms with Crippen LogP contribution in [-0.4, -0.2) is 52.3 Å². The Hall–Kier alpha value is -3.28. The Morgan fingerprint density at radius 1 is 1.03 bits per heavy atom. The topological polar surface area (TPSA) is 65.6 Å². The summed E-state index contributed by atoms with van der Waals surface area (Å²) in [6, 6.07) is 15.2. The maximum atomic E-state index is 13.6. The van der Waals surface area contributed by atoms with Gasteiger partial charge in [-0.3, -0.25) is 9.59 Å². The summed E-state index contributed by atoms with van der Waals surface area (Å²) in [5.74, 6) is 0.804. The van der Waals surface area contributed by atoms with Crippen molar-refractivity contribution >= 4 is 22.7 Å². The lowest BCUT2D eigenvalue weighted by Crippen LogP contribution is -2.63. The summed E-state index contributed by atoms with van der Waals surface area (Å²) in [5.41, 5.74) is 4.05. The fourth-order valence-corrected chi connectivity index (χ4v) is 5.38. The molecule has 2 amide bonds. The highest BCUT2D eigenvalue weighted by Crippen LogP contribution is 2.44. The van der Waals surface area contributed by atoms with Crippen LogP contribution in [0.3, 0.4) is 0 Å². The highest BCUT2D eigenvalue weighted by atomic mass is 16.5. The number of benzene rings is 2. The fraction of sp³-hybridized carbons (Fsp3) is 0.407. The number of H-pyrrole nitrogens is 1. The average molecular weight is 446 g/mol. The van der Waals surface area contributed by atoms with Crippen molar-refractivity contribution in [3.05, 3.63) is 65.4 Å². The molecule has 3 aromatic rings. The van der Waals surface area contributed by atoms with E-state index in [-0.39, 0.29) is 24.4 Å². The smallest absolute Gasteiger partial charge is 0.246 e. The van der Waals surface area contributed by atoms with E-state index in [1.807, 2.05) is 48.2 Å². The van der Waals surface area contributed by atoms with Gasteiger partial charge in [0.25, 0.3) is 0 Å². The molecule has 6 heteroatoms. The molecule has 1 saturated heterocycles. The highest BCUT2D eigenvalue weighted by molar-refractivity contribution is 5.97. The van der Waals surface area contributed by atoms with Gasteiger partial charge in [-0.1, -0.05) is 56.2 Å². The summed E-state index contributed by atoms with van der Waals surface area (Å²) in [7, 11) is 0. The van der Waals surface area contributed by atoms with Crippen LogP contribution >= 0.6 is 0 Å². The Morgan fingerprint density at radius 3 is 2.64 bits per heavy atom. The van der Waals surface area contributed by atoms with E-state index in [9.17, 15) is 9.59 Å². The molecule has 2 atom stereocenters. The van der Waals surface area contributed by atoms with Gasteiger partial charge in [0.2, 0.25) is 11.8 Å². The second-order valence-corrected chi connectivity index (χ2v) is 8.92. The maximum Gasteiger partial charge on any atom is 0.246 e. The minimum atomic E-state index is -0.501. The summed E-state index contributed by atoms with van der Waals surface area (Å²) in [6.07, 6.45) is 3.60. The molecule has 0 bridgehead atoms.